The predicted octanol–water partition coefficient (Wildman–Crippen LogP) is 2.09. The van der Waals surface area contributed by atoms with Crippen molar-refractivity contribution in [3.8, 4) is 0 Å². The van der Waals surface area contributed by atoms with Crippen LogP contribution < -0.4 is 8.70 Å². The number of carboxylic acid groups (broad SMARTS) is 1. The van der Waals surface area contributed by atoms with Gasteiger partial charge in [-0.15, -0.1) is 0 Å². The first-order valence-corrected chi connectivity index (χ1v) is 8.43. The molecule has 19 heavy (non-hydrogen) atoms. The van der Waals surface area contributed by atoms with Gasteiger partial charge in [0, 0.05) is 0 Å². The second-order valence-electron chi connectivity index (χ2n) is 4.01. The molecule has 1 radical (unpaired) electrons. The van der Waals surface area contributed by atoms with Crippen molar-refractivity contribution in [1.29, 1.82) is 0 Å². The Morgan fingerprint density at radius 3 is 2.58 bits per heavy atom. The SMILES string of the molecule is Cc1cc(I)ccc1[As]c1cc(F)ccc1C(=O)O. The van der Waals surface area contributed by atoms with Crippen molar-refractivity contribution in [2.45, 2.75) is 6.92 Å². The molecule has 2 aromatic rings. The Balaban J connectivity index is 2.42. The van der Waals surface area contributed by atoms with Gasteiger partial charge in [-0.3, -0.25) is 0 Å². The molecule has 0 saturated carbocycles. The topological polar surface area (TPSA) is 37.3 Å². The van der Waals surface area contributed by atoms with Gasteiger partial charge in [-0.25, -0.2) is 0 Å². The van der Waals surface area contributed by atoms with E-state index < -0.39 is 27.5 Å². The van der Waals surface area contributed by atoms with E-state index in [-0.39, 0.29) is 5.56 Å². The standard InChI is InChI=1S/C14H10AsFIO2/c1-8-6-10(17)3-5-12(8)15-13-7-9(16)2-4-11(13)14(18)19/h2-7H,1H3,(H,18,19). The zero-order chi connectivity index (χ0) is 14.0. The summed E-state index contributed by atoms with van der Waals surface area (Å²) >= 11 is 1.70. The molecule has 0 saturated heterocycles. The van der Waals surface area contributed by atoms with E-state index in [1.54, 1.807) is 0 Å². The van der Waals surface area contributed by atoms with Gasteiger partial charge >= 0.3 is 131 Å². The van der Waals surface area contributed by atoms with Crippen molar-refractivity contribution in [1.82, 2.24) is 0 Å². The summed E-state index contributed by atoms with van der Waals surface area (Å²) in [7, 11) is 0. The van der Waals surface area contributed by atoms with E-state index in [1.165, 1.54) is 18.2 Å². The van der Waals surface area contributed by atoms with E-state index >= 15 is 0 Å². The van der Waals surface area contributed by atoms with Crippen LogP contribution in [0.5, 0.6) is 0 Å². The van der Waals surface area contributed by atoms with Crippen LogP contribution in [0, 0.1) is 16.3 Å². The Kier molecular flexibility index (Phi) is 4.63. The minimum atomic E-state index is -1.01. The molecule has 0 aliphatic carbocycles. The Labute approximate surface area is 130 Å². The molecular weight excluding hydrogens is 421 g/mol. The van der Waals surface area contributed by atoms with Crippen molar-refractivity contribution >= 4 is 53.0 Å². The van der Waals surface area contributed by atoms with Crippen molar-refractivity contribution < 1.29 is 14.3 Å². The van der Waals surface area contributed by atoms with Crippen LogP contribution in [0.25, 0.3) is 0 Å². The first kappa shape index (κ1) is 14.5. The molecule has 0 aromatic heterocycles. The van der Waals surface area contributed by atoms with Gasteiger partial charge < -0.3 is 0 Å². The number of hydrogen-bond donors (Lipinski definition) is 1. The molecule has 2 nitrogen and oxygen atoms in total. The summed E-state index contributed by atoms with van der Waals surface area (Å²) in [6.45, 7) is 1.99. The molecule has 0 heterocycles. The molecule has 1 N–H and O–H groups in total. The zero-order valence-corrected chi connectivity index (χ0v) is 14.1. The molecular formula is C14H10AsFIO2. The Morgan fingerprint density at radius 1 is 1.21 bits per heavy atom. The van der Waals surface area contributed by atoms with E-state index in [0.29, 0.717) is 4.35 Å². The quantitative estimate of drug-likeness (QED) is 0.598. The molecule has 0 amide bonds. The molecule has 0 fully saturated rings. The van der Waals surface area contributed by atoms with E-state index in [9.17, 15) is 9.18 Å². The van der Waals surface area contributed by atoms with Gasteiger partial charge in [0.15, 0.2) is 0 Å². The molecule has 0 aliphatic rings. The Morgan fingerprint density at radius 2 is 1.95 bits per heavy atom. The number of aryl methyl sites for hydroxylation is 1. The first-order chi connectivity index (χ1) is 8.97. The summed E-state index contributed by atoms with van der Waals surface area (Å²) in [5, 5.41) is 9.14. The maximum atomic E-state index is 13.3. The molecule has 0 unspecified atom stereocenters. The van der Waals surface area contributed by atoms with Gasteiger partial charge in [0.2, 0.25) is 0 Å². The fourth-order valence-electron chi connectivity index (χ4n) is 1.65. The van der Waals surface area contributed by atoms with Gasteiger partial charge in [0.05, 0.1) is 0 Å². The predicted molar refractivity (Wildman–Crippen MR) is 82.3 cm³/mol. The fourth-order valence-corrected chi connectivity index (χ4v) is 4.67. The number of benzene rings is 2. The van der Waals surface area contributed by atoms with Crippen LogP contribution in [0.4, 0.5) is 4.39 Å². The van der Waals surface area contributed by atoms with Crippen LogP contribution in [0.3, 0.4) is 0 Å². The summed E-state index contributed by atoms with van der Waals surface area (Å²) in [5.74, 6) is -1.40. The zero-order valence-electron chi connectivity index (χ0n) is 10.0. The van der Waals surface area contributed by atoms with E-state index in [2.05, 4.69) is 22.6 Å². The van der Waals surface area contributed by atoms with Gasteiger partial charge in [-0.05, 0) is 0 Å². The maximum absolute atomic E-state index is 13.3. The number of halogens is 2. The monoisotopic (exact) mass is 431 g/mol. The van der Waals surface area contributed by atoms with Crippen LogP contribution in [-0.4, -0.2) is 26.8 Å². The van der Waals surface area contributed by atoms with Crippen LogP contribution in [0.15, 0.2) is 36.4 Å². The average Bonchev–Trinajstić information content (AvgIpc) is 2.32. The molecule has 0 bridgehead atoms. The molecule has 97 valence electrons. The molecule has 2 rings (SSSR count). The number of aromatic carboxylic acids is 1. The molecule has 0 atom stereocenters. The van der Waals surface area contributed by atoms with Gasteiger partial charge in [-0.1, -0.05) is 0 Å². The second-order valence-corrected chi connectivity index (χ2v) is 7.75. The van der Waals surface area contributed by atoms with E-state index in [1.807, 2.05) is 25.1 Å². The number of carbonyl (C=O) groups is 1. The van der Waals surface area contributed by atoms with Crippen LogP contribution in [0.1, 0.15) is 15.9 Å². The summed E-state index contributed by atoms with van der Waals surface area (Å²) < 4.78 is 16.1. The van der Waals surface area contributed by atoms with E-state index in [4.69, 9.17) is 5.11 Å². The summed E-state index contributed by atoms with van der Waals surface area (Å²) in [5.41, 5.74) is 1.31. The second kappa shape index (κ2) is 6.05. The van der Waals surface area contributed by atoms with Crippen molar-refractivity contribution in [3.63, 3.8) is 0 Å². The number of rotatable bonds is 3. The fraction of sp³-hybridized carbons (Fsp3) is 0.0714. The summed E-state index contributed by atoms with van der Waals surface area (Å²) in [6, 6.07) is 9.89. The van der Waals surface area contributed by atoms with Crippen molar-refractivity contribution in [3.05, 3.63) is 56.9 Å². The van der Waals surface area contributed by atoms with Crippen molar-refractivity contribution in [2.24, 2.45) is 0 Å². The van der Waals surface area contributed by atoms with Crippen molar-refractivity contribution in [2.75, 3.05) is 0 Å². The van der Waals surface area contributed by atoms with Gasteiger partial charge in [0.25, 0.3) is 0 Å². The molecule has 0 spiro atoms. The third kappa shape index (κ3) is 3.57. The molecule has 2 aromatic carbocycles. The molecule has 5 heteroatoms. The summed E-state index contributed by atoms with van der Waals surface area (Å²) in [6.07, 6.45) is 0. The first-order valence-electron chi connectivity index (χ1n) is 5.48. The summed E-state index contributed by atoms with van der Waals surface area (Å²) in [4.78, 5) is 11.2. The van der Waals surface area contributed by atoms with Crippen LogP contribution >= 0.6 is 22.6 Å². The van der Waals surface area contributed by atoms with Gasteiger partial charge in [0.1, 0.15) is 0 Å². The van der Waals surface area contributed by atoms with Gasteiger partial charge in [-0.2, -0.15) is 0 Å². The third-order valence-electron chi connectivity index (χ3n) is 2.59. The van der Waals surface area contributed by atoms with Crippen LogP contribution in [-0.2, 0) is 0 Å². The Bertz CT molecular complexity index is 643. The number of carboxylic acids is 1. The normalized spacial score (nSPS) is 11.1. The number of hydrogen-bond acceptors (Lipinski definition) is 1. The molecule has 0 aliphatic heterocycles. The Hall–Kier alpha value is -0.872. The van der Waals surface area contributed by atoms with E-state index in [0.717, 1.165) is 13.5 Å². The van der Waals surface area contributed by atoms with Crippen LogP contribution in [0.2, 0.25) is 0 Å². The third-order valence-corrected chi connectivity index (χ3v) is 6.10. The average molecular weight is 431 g/mol. The minimum absolute atomic E-state index is 0.194.